The van der Waals surface area contributed by atoms with Gasteiger partial charge in [0, 0.05) is 14.0 Å². The first-order chi connectivity index (χ1) is 17.6. The third-order valence-electron chi connectivity index (χ3n) is 7.64. The average molecular weight is 539 g/mol. The molecule has 218 valence electrons. The highest BCUT2D eigenvalue weighted by atomic mass is 16.6. The van der Waals surface area contributed by atoms with E-state index in [2.05, 4.69) is 16.0 Å². The molecule has 0 aromatic rings. The van der Waals surface area contributed by atoms with Crippen LogP contribution in [0.5, 0.6) is 0 Å². The summed E-state index contributed by atoms with van der Waals surface area (Å²) in [5, 5.41) is 8.46. The number of carbonyl (C=O) groups excluding carboxylic acids is 5. The number of amides is 4. The molecule has 1 saturated heterocycles. The van der Waals surface area contributed by atoms with Crippen LogP contribution in [0.25, 0.3) is 0 Å². The second kappa shape index (κ2) is 14.6. The lowest BCUT2D eigenvalue weighted by atomic mass is 9.93. The van der Waals surface area contributed by atoms with Crippen molar-refractivity contribution in [2.24, 2.45) is 17.8 Å². The molecule has 0 saturated carbocycles. The van der Waals surface area contributed by atoms with Crippen molar-refractivity contribution in [3.05, 3.63) is 0 Å². The molecule has 10 heteroatoms. The van der Waals surface area contributed by atoms with Gasteiger partial charge in [-0.05, 0) is 37.5 Å². The molecule has 3 unspecified atom stereocenters. The number of hydrogen-bond donors (Lipinski definition) is 3. The zero-order valence-electron chi connectivity index (χ0n) is 25.0. The van der Waals surface area contributed by atoms with Crippen LogP contribution in [0.1, 0.15) is 88.0 Å². The molecule has 1 aliphatic rings. The van der Waals surface area contributed by atoms with Gasteiger partial charge in [-0.2, -0.15) is 0 Å². The number of epoxide rings is 1. The van der Waals surface area contributed by atoms with Crippen molar-refractivity contribution in [3.63, 3.8) is 0 Å². The second-order valence-corrected chi connectivity index (χ2v) is 11.4. The lowest BCUT2D eigenvalue weighted by Gasteiger charge is -2.33. The zero-order chi connectivity index (χ0) is 29.4. The molecular formula is C28H50N4O6. The molecule has 0 aromatic heterocycles. The minimum absolute atomic E-state index is 0.119. The SMILES string of the molecule is CCC(C)[C@H](NC(=O)[C@H](C(C)CC)N(C)C(C)=O)C(=O)N[C@@H](CC)C(=O)N[C@@H](CC(C)C)C(=O)C1(C)CO1. The molecule has 0 aromatic carbocycles. The molecule has 0 aliphatic carbocycles. The summed E-state index contributed by atoms with van der Waals surface area (Å²) in [6, 6.07) is -3.22. The van der Waals surface area contributed by atoms with Gasteiger partial charge in [0.15, 0.2) is 5.78 Å². The molecule has 1 aliphatic heterocycles. The van der Waals surface area contributed by atoms with Gasteiger partial charge in [-0.25, -0.2) is 0 Å². The van der Waals surface area contributed by atoms with E-state index in [1.54, 1.807) is 20.9 Å². The smallest absolute Gasteiger partial charge is 0.243 e. The van der Waals surface area contributed by atoms with E-state index in [9.17, 15) is 24.0 Å². The Kier molecular flexibility index (Phi) is 12.9. The summed E-state index contributed by atoms with van der Waals surface area (Å²) < 4.78 is 5.30. The van der Waals surface area contributed by atoms with E-state index >= 15 is 0 Å². The fourth-order valence-corrected chi connectivity index (χ4v) is 4.38. The molecule has 4 amide bonds. The molecule has 10 nitrogen and oxygen atoms in total. The predicted molar refractivity (Wildman–Crippen MR) is 146 cm³/mol. The van der Waals surface area contributed by atoms with Crippen LogP contribution in [0, 0.1) is 17.8 Å². The standard InChI is InChI=1S/C28H50N4O6/c1-11-17(6)22(31-27(37)23(18(7)12-2)32(10)19(8)33)26(36)29-20(13-3)25(35)30-21(14-16(4)5)24(34)28(9)15-38-28/h16-18,20-23H,11-15H2,1-10H3,(H,29,36)(H,30,35)(H,31,37)/t17?,18?,20-,21-,22-,23-,28?/m0/s1. The molecule has 0 radical (unpaired) electrons. The Morgan fingerprint density at radius 2 is 1.34 bits per heavy atom. The lowest BCUT2D eigenvalue weighted by molar-refractivity contribution is -0.141. The summed E-state index contributed by atoms with van der Waals surface area (Å²) in [6.45, 7) is 16.8. The van der Waals surface area contributed by atoms with Crippen LogP contribution >= 0.6 is 0 Å². The van der Waals surface area contributed by atoms with Gasteiger partial charge >= 0.3 is 0 Å². The quantitative estimate of drug-likeness (QED) is 0.258. The van der Waals surface area contributed by atoms with Gasteiger partial charge in [0.2, 0.25) is 23.6 Å². The molecule has 1 heterocycles. The number of likely N-dealkylation sites (N-methyl/N-ethyl adjacent to an activating group) is 1. The zero-order valence-corrected chi connectivity index (χ0v) is 25.0. The first-order valence-electron chi connectivity index (χ1n) is 14.0. The minimum atomic E-state index is -0.895. The van der Waals surface area contributed by atoms with Crippen LogP contribution in [0.15, 0.2) is 0 Å². The van der Waals surface area contributed by atoms with E-state index in [1.165, 1.54) is 11.8 Å². The normalized spacial score (nSPS) is 21.3. The number of nitrogens with zero attached hydrogens (tertiary/aromatic N) is 1. The number of Topliss-reactive ketones (excluding diaryl/α,β-unsaturated/α-hetero) is 1. The highest BCUT2D eigenvalue weighted by Crippen LogP contribution is 2.29. The largest absolute Gasteiger partial charge is 0.361 e. The van der Waals surface area contributed by atoms with Crippen LogP contribution in [-0.2, 0) is 28.7 Å². The summed E-state index contributed by atoms with van der Waals surface area (Å²) in [5.41, 5.74) is -0.872. The monoisotopic (exact) mass is 538 g/mol. The highest BCUT2D eigenvalue weighted by molar-refractivity contribution is 5.98. The van der Waals surface area contributed by atoms with E-state index < -0.39 is 47.5 Å². The number of ketones is 1. The summed E-state index contributed by atoms with van der Waals surface area (Å²) in [5.74, 6) is -1.93. The Bertz CT molecular complexity index is 856. The maximum Gasteiger partial charge on any atom is 0.243 e. The number of rotatable bonds is 16. The van der Waals surface area contributed by atoms with Gasteiger partial charge in [0.25, 0.3) is 0 Å². The van der Waals surface area contributed by atoms with Gasteiger partial charge in [-0.15, -0.1) is 0 Å². The van der Waals surface area contributed by atoms with Crippen molar-refractivity contribution in [2.75, 3.05) is 13.7 Å². The van der Waals surface area contributed by atoms with Gasteiger partial charge in [0.1, 0.15) is 23.7 Å². The van der Waals surface area contributed by atoms with E-state index in [1.807, 2.05) is 41.5 Å². The Balaban J connectivity index is 3.06. The summed E-state index contributed by atoms with van der Waals surface area (Å²) >= 11 is 0. The Morgan fingerprint density at radius 1 is 0.816 bits per heavy atom. The van der Waals surface area contributed by atoms with Gasteiger partial charge in [-0.3, -0.25) is 24.0 Å². The lowest BCUT2D eigenvalue weighted by Crippen LogP contribution is -2.60. The highest BCUT2D eigenvalue weighted by Gasteiger charge is 2.50. The van der Waals surface area contributed by atoms with Crippen molar-refractivity contribution in [2.45, 2.75) is 118 Å². The number of carbonyl (C=O) groups is 5. The molecule has 0 bridgehead atoms. The van der Waals surface area contributed by atoms with Gasteiger partial charge < -0.3 is 25.6 Å². The Hall–Kier alpha value is -2.49. The van der Waals surface area contributed by atoms with Crippen molar-refractivity contribution in [1.29, 1.82) is 0 Å². The second-order valence-electron chi connectivity index (χ2n) is 11.4. The summed E-state index contributed by atoms with van der Waals surface area (Å²) in [7, 11) is 1.58. The molecule has 7 atom stereocenters. The first kappa shape index (κ1) is 33.5. The molecular weight excluding hydrogens is 488 g/mol. The number of nitrogens with one attached hydrogen (secondary N) is 3. The fourth-order valence-electron chi connectivity index (χ4n) is 4.38. The molecule has 38 heavy (non-hydrogen) atoms. The minimum Gasteiger partial charge on any atom is -0.361 e. The van der Waals surface area contributed by atoms with Crippen molar-refractivity contribution < 1.29 is 28.7 Å². The summed E-state index contributed by atoms with van der Waals surface area (Å²) in [6.07, 6.45) is 2.05. The van der Waals surface area contributed by atoms with Gasteiger partial charge in [-0.1, -0.05) is 61.3 Å². The van der Waals surface area contributed by atoms with E-state index in [0.717, 1.165) is 0 Å². The third-order valence-corrected chi connectivity index (χ3v) is 7.64. The summed E-state index contributed by atoms with van der Waals surface area (Å²) in [4.78, 5) is 66.3. The van der Waals surface area contributed by atoms with Crippen molar-refractivity contribution in [1.82, 2.24) is 20.9 Å². The first-order valence-corrected chi connectivity index (χ1v) is 14.0. The fraction of sp³-hybridized carbons (Fsp3) is 0.821. The molecule has 3 N–H and O–H groups in total. The number of hydrogen-bond acceptors (Lipinski definition) is 6. The number of ether oxygens (including phenoxy) is 1. The predicted octanol–water partition coefficient (Wildman–Crippen LogP) is 2.19. The Labute approximate surface area is 228 Å². The van der Waals surface area contributed by atoms with Crippen LogP contribution in [0.3, 0.4) is 0 Å². The molecule has 1 rings (SSSR count). The van der Waals surface area contributed by atoms with E-state index in [-0.39, 0.29) is 29.4 Å². The Morgan fingerprint density at radius 3 is 1.76 bits per heavy atom. The maximum absolute atomic E-state index is 13.4. The van der Waals surface area contributed by atoms with Crippen LogP contribution < -0.4 is 16.0 Å². The van der Waals surface area contributed by atoms with Crippen LogP contribution in [0.4, 0.5) is 0 Å². The van der Waals surface area contributed by atoms with Crippen LogP contribution in [-0.4, -0.2) is 77.7 Å². The van der Waals surface area contributed by atoms with Gasteiger partial charge in [0.05, 0.1) is 12.6 Å². The van der Waals surface area contributed by atoms with Crippen molar-refractivity contribution in [3.8, 4) is 0 Å². The van der Waals surface area contributed by atoms with E-state index in [4.69, 9.17) is 4.74 Å². The molecule has 0 spiro atoms. The third kappa shape index (κ3) is 9.06. The maximum atomic E-state index is 13.4. The van der Waals surface area contributed by atoms with E-state index in [0.29, 0.717) is 32.3 Å². The topological polar surface area (TPSA) is 137 Å². The average Bonchev–Trinajstić information content (AvgIpc) is 3.61. The van der Waals surface area contributed by atoms with Crippen molar-refractivity contribution >= 4 is 29.4 Å². The molecule has 1 fully saturated rings. The van der Waals surface area contributed by atoms with Crippen LogP contribution in [0.2, 0.25) is 0 Å².